The molecule has 1 unspecified atom stereocenters. The summed E-state index contributed by atoms with van der Waals surface area (Å²) in [6, 6.07) is 0. The molecule has 0 saturated heterocycles. The summed E-state index contributed by atoms with van der Waals surface area (Å²) in [6.07, 6.45) is 2.41. The Kier molecular flexibility index (Phi) is 2.38. The highest BCUT2D eigenvalue weighted by Gasteiger charge is 2.36. The summed E-state index contributed by atoms with van der Waals surface area (Å²) in [4.78, 5) is 0. The van der Waals surface area contributed by atoms with Crippen LogP contribution >= 0.6 is 12.6 Å². The molecule has 0 amide bonds. The quantitative estimate of drug-likeness (QED) is 0.721. The molecule has 1 aromatic heterocycles. The number of hydrogen-bond donors (Lipinski definition) is 1. The molecule has 1 aliphatic rings. The van der Waals surface area contributed by atoms with Gasteiger partial charge in [0.05, 0.1) is 5.69 Å². The van der Waals surface area contributed by atoms with Crippen LogP contribution in [0.15, 0.2) is 4.52 Å². The molecule has 0 spiro atoms. The van der Waals surface area contributed by atoms with Crippen LogP contribution < -0.4 is 0 Å². The Morgan fingerprint density at radius 3 is 2.93 bits per heavy atom. The van der Waals surface area contributed by atoms with E-state index >= 15 is 0 Å². The van der Waals surface area contributed by atoms with E-state index in [1.54, 1.807) is 0 Å². The monoisotopic (exact) mass is 211 g/mol. The van der Waals surface area contributed by atoms with E-state index in [4.69, 9.17) is 4.52 Å². The Hall–Kier alpha value is -0.440. The lowest BCUT2D eigenvalue weighted by molar-refractivity contribution is 0.314. The number of fused-ring (bicyclic) bond motifs is 1. The van der Waals surface area contributed by atoms with E-state index in [0.29, 0.717) is 11.7 Å². The predicted molar refractivity (Wildman–Crippen MR) is 59.9 cm³/mol. The van der Waals surface area contributed by atoms with Crippen molar-refractivity contribution < 1.29 is 4.52 Å². The summed E-state index contributed by atoms with van der Waals surface area (Å²) in [5.41, 5.74) is 2.55. The van der Waals surface area contributed by atoms with E-state index in [0.717, 1.165) is 11.5 Å². The maximum absolute atomic E-state index is 5.43. The maximum atomic E-state index is 5.43. The zero-order valence-corrected chi connectivity index (χ0v) is 9.90. The number of hydrogen-bond acceptors (Lipinski definition) is 3. The summed E-state index contributed by atoms with van der Waals surface area (Å²) in [7, 11) is 0. The minimum Gasteiger partial charge on any atom is -0.361 e. The van der Waals surface area contributed by atoms with Crippen LogP contribution in [-0.2, 0) is 11.2 Å². The minimum absolute atomic E-state index is 0.208. The first kappa shape index (κ1) is 10.1. The Morgan fingerprint density at radius 2 is 2.29 bits per heavy atom. The fourth-order valence-electron chi connectivity index (χ4n) is 2.34. The molecule has 0 fully saturated rings. The smallest absolute Gasteiger partial charge is 0.143 e. The van der Waals surface area contributed by atoms with Crippen LogP contribution in [0.5, 0.6) is 0 Å². The van der Waals surface area contributed by atoms with Crippen LogP contribution in [0.25, 0.3) is 0 Å². The van der Waals surface area contributed by atoms with Crippen molar-refractivity contribution in [1.82, 2.24) is 5.16 Å². The second kappa shape index (κ2) is 3.30. The molecular formula is C11H17NOS. The fourth-order valence-corrected chi connectivity index (χ4v) is 2.56. The third-order valence-electron chi connectivity index (χ3n) is 3.27. The van der Waals surface area contributed by atoms with Crippen LogP contribution in [0.1, 0.15) is 56.5 Å². The molecule has 0 radical (unpaired) electrons. The van der Waals surface area contributed by atoms with Gasteiger partial charge in [-0.3, -0.25) is 0 Å². The number of nitrogens with zero attached hydrogens (tertiary/aromatic N) is 1. The second-order valence-corrected chi connectivity index (χ2v) is 5.17. The lowest BCUT2D eigenvalue weighted by atomic mass is 9.71. The zero-order valence-electron chi connectivity index (χ0n) is 9.00. The minimum atomic E-state index is 0.208. The summed E-state index contributed by atoms with van der Waals surface area (Å²) < 4.78 is 5.43. The van der Waals surface area contributed by atoms with Crippen LogP contribution in [0.4, 0.5) is 0 Å². The molecule has 2 rings (SSSR count). The molecule has 1 heterocycles. The van der Waals surface area contributed by atoms with Crippen LogP contribution in [0.3, 0.4) is 0 Å². The molecule has 0 N–H and O–H groups in total. The van der Waals surface area contributed by atoms with Crippen molar-refractivity contribution >= 4 is 12.6 Å². The van der Waals surface area contributed by atoms with Gasteiger partial charge in [-0.2, -0.15) is 12.6 Å². The van der Waals surface area contributed by atoms with E-state index in [-0.39, 0.29) is 5.41 Å². The number of rotatable bonds is 1. The highest BCUT2D eigenvalue weighted by Crippen LogP contribution is 2.44. The molecule has 0 aromatic carbocycles. The normalized spacial score (nSPS) is 24.7. The summed E-state index contributed by atoms with van der Waals surface area (Å²) in [5.74, 6) is 2.28. The van der Waals surface area contributed by atoms with Gasteiger partial charge in [0.2, 0.25) is 0 Å². The molecule has 2 nitrogen and oxygen atoms in total. The maximum Gasteiger partial charge on any atom is 0.143 e. The van der Waals surface area contributed by atoms with Gasteiger partial charge in [-0.25, -0.2) is 0 Å². The summed E-state index contributed by atoms with van der Waals surface area (Å²) in [5, 5.41) is 4.11. The van der Waals surface area contributed by atoms with Gasteiger partial charge in [-0.1, -0.05) is 25.9 Å². The van der Waals surface area contributed by atoms with Gasteiger partial charge in [0.25, 0.3) is 0 Å². The average molecular weight is 211 g/mol. The zero-order chi connectivity index (χ0) is 10.3. The molecule has 0 bridgehead atoms. The molecule has 0 aliphatic heterocycles. The Balaban J connectivity index is 2.55. The Morgan fingerprint density at radius 1 is 1.57 bits per heavy atom. The van der Waals surface area contributed by atoms with Gasteiger partial charge in [0.1, 0.15) is 5.76 Å². The second-order valence-electron chi connectivity index (χ2n) is 4.85. The molecular weight excluding hydrogens is 194 g/mol. The largest absolute Gasteiger partial charge is 0.361 e. The summed E-state index contributed by atoms with van der Waals surface area (Å²) >= 11 is 4.30. The first-order valence-electron chi connectivity index (χ1n) is 5.16. The molecule has 1 aromatic rings. The molecule has 1 aliphatic carbocycles. The van der Waals surface area contributed by atoms with Gasteiger partial charge < -0.3 is 4.52 Å². The molecule has 78 valence electrons. The molecule has 14 heavy (non-hydrogen) atoms. The van der Waals surface area contributed by atoms with E-state index in [9.17, 15) is 0 Å². The van der Waals surface area contributed by atoms with Crippen molar-refractivity contribution in [3.63, 3.8) is 0 Å². The van der Waals surface area contributed by atoms with E-state index < -0.39 is 0 Å². The van der Waals surface area contributed by atoms with Gasteiger partial charge in [0, 0.05) is 17.2 Å². The number of thiol groups is 1. The Bertz CT molecular complexity index is 343. The van der Waals surface area contributed by atoms with Crippen LogP contribution in [0, 0.1) is 0 Å². The van der Waals surface area contributed by atoms with Crippen molar-refractivity contribution in [2.24, 2.45) is 0 Å². The highest BCUT2D eigenvalue weighted by molar-refractivity contribution is 7.79. The van der Waals surface area contributed by atoms with Crippen molar-refractivity contribution in [3.05, 3.63) is 17.0 Å². The van der Waals surface area contributed by atoms with Crippen molar-refractivity contribution in [3.8, 4) is 0 Å². The molecule has 1 atom stereocenters. The first-order valence-corrected chi connectivity index (χ1v) is 5.79. The first-order chi connectivity index (χ1) is 6.56. The van der Waals surface area contributed by atoms with Gasteiger partial charge in [0.15, 0.2) is 0 Å². The predicted octanol–water partition coefficient (Wildman–Crippen LogP) is 3.28. The fraction of sp³-hybridized carbons (Fsp3) is 0.727. The molecule has 0 saturated carbocycles. The van der Waals surface area contributed by atoms with E-state index in [2.05, 4.69) is 38.6 Å². The van der Waals surface area contributed by atoms with Crippen molar-refractivity contribution in [2.45, 2.75) is 50.7 Å². The summed E-state index contributed by atoms with van der Waals surface area (Å²) in [6.45, 7) is 6.74. The van der Waals surface area contributed by atoms with Gasteiger partial charge in [-0.05, 0) is 18.3 Å². The SMILES string of the molecule is CC1CCC(C)(C)c2c(CS)noc21. The van der Waals surface area contributed by atoms with E-state index in [1.165, 1.54) is 18.4 Å². The lowest BCUT2D eigenvalue weighted by Gasteiger charge is -2.32. The van der Waals surface area contributed by atoms with Crippen LogP contribution in [-0.4, -0.2) is 5.16 Å². The van der Waals surface area contributed by atoms with Gasteiger partial charge in [-0.15, -0.1) is 0 Å². The lowest BCUT2D eigenvalue weighted by Crippen LogP contribution is -2.25. The topological polar surface area (TPSA) is 26.0 Å². The Labute approximate surface area is 90.5 Å². The van der Waals surface area contributed by atoms with E-state index in [1.807, 2.05) is 0 Å². The van der Waals surface area contributed by atoms with Crippen molar-refractivity contribution in [1.29, 1.82) is 0 Å². The standard InChI is InChI=1S/C11H17NOS/c1-7-4-5-11(2,3)9-8(6-14)12-13-10(7)9/h7,14H,4-6H2,1-3H3. The average Bonchev–Trinajstić information content (AvgIpc) is 2.57. The third-order valence-corrected chi connectivity index (χ3v) is 3.57. The van der Waals surface area contributed by atoms with Crippen molar-refractivity contribution in [2.75, 3.05) is 0 Å². The number of aromatic nitrogens is 1. The molecule has 3 heteroatoms. The highest BCUT2D eigenvalue weighted by atomic mass is 32.1. The van der Waals surface area contributed by atoms with Crippen LogP contribution in [0.2, 0.25) is 0 Å². The van der Waals surface area contributed by atoms with Gasteiger partial charge >= 0.3 is 0 Å². The third kappa shape index (κ3) is 1.38.